The highest BCUT2D eigenvalue weighted by Gasteiger charge is 2.50. The molecule has 0 fully saturated rings. The third-order valence-electron chi connectivity index (χ3n) is 5.65. The molecule has 196 valence electrons. The van der Waals surface area contributed by atoms with E-state index in [1.54, 1.807) is 54.6 Å². The predicted octanol–water partition coefficient (Wildman–Crippen LogP) is 4.04. The molecule has 0 spiro atoms. The number of nitrogens with two attached hydrogens (primary N) is 1. The zero-order valence-electron chi connectivity index (χ0n) is 19.4. The minimum absolute atomic E-state index is 0. The van der Waals surface area contributed by atoms with Crippen molar-refractivity contribution in [2.24, 2.45) is 10.7 Å². The molecule has 0 aliphatic carbocycles. The van der Waals surface area contributed by atoms with E-state index in [9.17, 15) is 26.4 Å². The lowest BCUT2D eigenvalue weighted by atomic mass is 9.82. The number of halogens is 4. The van der Waals surface area contributed by atoms with Crippen LogP contribution in [-0.2, 0) is 20.5 Å². The Morgan fingerprint density at radius 3 is 2.11 bits per heavy atom. The molecule has 1 aliphatic heterocycles. The summed E-state index contributed by atoms with van der Waals surface area (Å²) in [5.41, 5.74) is 0.614. The monoisotopic (exact) mass is 555 g/mol. The molecular weight excluding hydrogens is 535 g/mol. The second-order valence-electron chi connectivity index (χ2n) is 7.87. The predicted molar refractivity (Wildman–Crippen MR) is 133 cm³/mol. The van der Waals surface area contributed by atoms with Gasteiger partial charge in [-0.15, -0.1) is 12.4 Å². The van der Waals surface area contributed by atoms with Gasteiger partial charge in [-0.3, -0.25) is 9.69 Å². The molecule has 0 saturated carbocycles. The molecule has 1 aliphatic rings. The molecule has 1 amide bonds. The average Bonchev–Trinajstić information content (AvgIpc) is 3.08. The number of nitrogens with zero attached hydrogens (tertiary/aromatic N) is 2. The van der Waals surface area contributed by atoms with E-state index in [-0.39, 0.29) is 29.7 Å². The minimum Gasteiger partial charge on any atom is -0.497 e. The molecule has 8 nitrogen and oxygen atoms in total. The van der Waals surface area contributed by atoms with E-state index in [1.807, 2.05) is 0 Å². The van der Waals surface area contributed by atoms with Gasteiger partial charge >= 0.3 is 15.6 Å². The molecule has 3 aromatic carbocycles. The van der Waals surface area contributed by atoms with Gasteiger partial charge in [0.25, 0.3) is 5.91 Å². The third kappa shape index (κ3) is 4.94. The molecule has 1 unspecified atom stereocenters. The van der Waals surface area contributed by atoms with Crippen molar-refractivity contribution >= 4 is 34.4 Å². The van der Waals surface area contributed by atoms with Crippen molar-refractivity contribution in [2.45, 2.75) is 11.0 Å². The van der Waals surface area contributed by atoms with Gasteiger partial charge in [0.2, 0.25) is 0 Å². The maximum Gasteiger partial charge on any atom is 0.534 e. The Labute approximate surface area is 217 Å². The van der Waals surface area contributed by atoms with Crippen LogP contribution in [0.3, 0.4) is 0 Å². The standard InChI is InChI=1S/C24H20F3N3O5S.ClH/c1-30-21(31)23(29-22(30)28,17-8-4-3-5-9-17)18-10-6-7-15(11-18)16-12-19(34-2)14-20(13-16)35-36(32,33)24(25,26)27;/h3-14H,1-2H3,(H2,28,29);1H. The molecule has 0 saturated heterocycles. The van der Waals surface area contributed by atoms with Crippen LogP contribution in [0.4, 0.5) is 13.2 Å². The average molecular weight is 556 g/mol. The fraction of sp³-hybridized carbons (Fsp3) is 0.167. The highest BCUT2D eigenvalue weighted by atomic mass is 35.5. The first-order valence-electron chi connectivity index (χ1n) is 10.4. The van der Waals surface area contributed by atoms with E-state index in [2.05, 4.69) is 9.18 Å². The first-order valence-corrected chi connectivity index (χ1v) is 11.8. The lowest BCUT2D eigenvalue weighted by Crippen LogP contribution is -2.41. The number of benzene rings is 3. The van der Waals surface area contributed by atoms with E-state index in [1.165, 1.54) is 25.1 Å². The summed E-state index contributed by atoms with van der Waals surface area (Å²) in [5, 5.41) is 0. The minimum atomic E-state index is -5.90. The molecule has 1 heterocycles. The Balaban J connectivity index is 0.00000380. The van der Waals surface area contributed by atoms with Crippen molar-refractivity contribution in [1.82, 2.24) is 4.90 Å². The quantitative estimate of drug-likeness (QED) is 0.363. The van der Waals surface area contributed by atoms with Crippen LogP contribution in [0.5, 0.6) is 11.5 Å². The SMILES string of the molecule is COc1cc(OS(=O)(=O)C(F)(F)F)cc(-c2cccc(C3(c4ccccc4)N=C(N)N(C)C3=O)c2)c1.Cl. The van der Waals surface area contributed by atoms with Crippen LogP contribution < -0.4 is 14.7 Å². The topological polar surface area (TPSA) is 111 Å². The summed E-state index contributed by atoms with van der Waals surface area (Å²) in [6.07, 6.45) is 0. The highest BCUT2D eigenvalue weighted by molar-refractivity contribution is 7.88. The van der Waals surface area contributed by atoms with E-state index < -0.39 is 32.8 Å². The Morgan fingerprint density at radius 2 is 1.54 bits per heavy atom. The molecule has 4 rings (SSSR count). The number of carbonyl (C=O) groups is 1. The highest BCUT2D eigenvalue weighted by Crippen LogP contribution is 2.41. The third-order valence-corrected chi connectivity index (χ3v) is 6.63. The molecule has 0 radical (unpaired) electrons. The fourth-order valence-corrected chi connectivity index (χ4v) is 4.31. The van der Waals surface area contributed by atoms with Crippen LogP contribution in [0.1, 0.15) is 11.1 Å². The number of amides is 1. The summed E-state index contributed by atoms with van der Waals surface area (Å²) in [6.45, 7) is 0. The van der Waals surface area contributed by atoms with E-state index in [0.717, 1.165) is 12.1 Å². The summed E-state index contributed by atoms with van der Waals surface area (Å²) < 4.78 is 71.1. The van der Waals surface area contributed by atoms with Gasteiger partial charge in [0.1, 0.15) is 11.5 Å². The summed E-state index contributed by atoms with van der Waals surface area (Å²) >= 11 is 0. The number of hydrogen-bond acceptors (Lipinski definition) is 7. The first kappa shape index (κ1) is 27.8. The number of rotatable bonds is 6. The number of aliphatic imine (C=N–C) groups is 1. The van der Waals surface area contributed by atoms with Crippen molar-refractivity contribution < 1.29 is 35.3 Å². The number of likely N-dealkylation sites (N-methyl/N-ethyl adjacent to an activating group) is 1. The smallest absolute Gasteiger partial charge is 0.497 e. The molecule has 1 atom stereocenters. The number of guanidine groups is 1. The molecule has 0 bridgehead atoms. The Kier molecular flexibility index (Phi) is 7.47. The number of ether oxygens (including phenoxy) is 1. The van der Waals surface area contributed by atoms with E-state index in [4.69, 9.17) is 10.5 Å². The maximum atomic E-state index is 13.4. The van der Waals surface area contributed by atoms with E-state index in [0.29, 0.717) is 16.7 Å². The molecule has 2 N–H and O–H groups in total. The van der Waals surface area contributed by atoms with Crippen LogP contribution in [0, 0.1) is 0 Å². The van der Waals surface area contributed by atoms with Gasteiger partial charge in [0.15, 0.2) is 11.5 Å². The van der Waals surface area contributed by atoms with Crippen molar-refractivity contribution in [3.05, 3.63) is 83.9 Å². The number of alkyl halides is 3. The van der Waals surface area contributed by atoms with Crippen LogP contribution >= 0.6 is 12.4 Å². The summed E-state index contributed by atoms with van der Waals surface area (Å²) in [6, 6.07) is 19.0. The number of methoxy groups -OCH3 is 1. The van der Waals surface area contributed by atoms with Gasteiger partial charge in [-0.2, -0.15) is 21.6 Å². The Bertz CT molecular complexity index is 1470. The van der Waals surface area contributed by atoms with Crippen LogP contribution in [0.15, 0.2) is 77.8 Å². The van der Waals surface area contributed by atoms with Crippen molar-refractivity contribution in [1.29, 1.82) is 0 Å². The van der Waals surface area contributed by atoms with Crippen molar-refractivity contribution in [3.8, 4) is 22.6 Å². The van der Waals surface area contributed by atoms with Gasteiger partial charge < -0.3 is 14.7 Å². The van der Waals surface area contributed by atoms with Crippen LogP contribution in [0.2, 0.25) is 0 Å². The van der Waals surface area contributed by atoms with Gasteiger partial charge in [0.05, 0.1) is 7.11 Å². The maximum absolute atomic E-state index is 13.4. The first-order chi connectivity index (χ1) is 16.9. The number of carbonyl (C=O) groups excluding carboxylic acids is 1. The van der Waals surface area contributed by atoms with Crippen LogP contribution in [-0.4, -0.2) is 44.9 Å². The second-order valence-corrected chi connectivity index (χ2v) is 9.41. The summed E-state index contributed by atoms with van der Waals surface area (Å²) in [7, 11) is -3.13. The van der Waals surface area contributed by atoms with Gasteiger partial charge in [-0.1, -0.05) is 48.5 Å². The molecule has 3 aromatic rings. The lowest BCUT2D eigenvalue weighted by molar-refractivity contribution is -0.129. The van der Waals surface area contributed by atoms with Gasteiger partial charge in [-0.05, 0) is 40.5 Å². The Morgan fingerprint density at radius 1 is 0.919 bits per heavy atom. The zero-order chi connectivity index (χ0) is 26.3. The van der Waals surface area contributed by atoms with Gasteiger partial charge in [-0.25, -0.2) is 4.99 Å². The fourth-order valence-electron chi connectivity index (χ4n) is 3.87. The molecular formula is C24H21ClF3N3O5S. The normalized spacial score (nSPS) is 17.7. The molecule has 13 heteroatoms. The lowest BCUT2D eigenvalue weighted by Gasteiger charge is -2.26. The van der Waals surface area contributed by atoms with Crippen molar-refractivity contribution in [3.63, 3.8) is 0 Å². The largest absolute Gasteiger partial charge is 0.534 e. The van der Waals surface area contributed by atoms with Gasteiger partial charge in [0, 0.05) is 13.1 Å². The molecule has 0 aromatic heterocycles. The number of hydrogen-bond donors (Lipinski definition) is 1. The zero-order valence-corrected chi connectivity index (χ0v) is 21.0. The van der Waals surface area contributed by atoms with Crippen molar-refractivity contribution in [2.75, 3.05) is 14.2 Å². The Hall–Kier alpha value is -3.77. The summed E-state index contributed by atoms with van der Waals surface area (Å²) in [4.78, 5) is 19.1. The second kappa shape index (κ2) is 9.94. The molecule has 37 heavy (non-hydrogen) atoms. The van der Waals surface area contributed by atoms with E-state index >= 15 is 0 Å². The summed E-state index contributed by atoms with van der Waals surface area (Å²) in [5.74, 6) is -0.913. The van der Waals surface area contributed by atoms with Crippen LogP contribution in [0.25, 0.3) is 11.1 Å².